The van der Waals surface area contributed by atoms with Crippen LogP contribution in [-0.4, -0.2) is 28.0 Å². The molecule has 0 radical (unpaired) electrons. The number of amides is 1. The fourth-order valence-electron chi connectivity index (χ4n) is 1.91. The summed E-state index contributed by atoms with van der Waals surface area (Å²) in [5.41, 5.74) is 0.244. The summed E-state index contributed by atoms with van der Waals surface area (Å²) in [5.74, 6) is 0.0498. The summed E-state index contributed by atoms with van der Waals surface area (Å²) in [6.07, 6.45) is 0. The lowest BCUT2D eigenvalue weighted by Gasteiger charge is -2.11. The van der Waals surface area contributed by atoms with Crippen LogP contribution >= 0.6 is 27.5 Å². The van der Waals surface area contributed by atoms with Crippen LogP contribution in [0, 0.1) is 0 Å². The van der Waals surface area contributed by atoms with Crippen LogP contribution < -0.4 is 19.9 Å². The number of primary sulfonamides is 1. The Hall–Kier alpha value is -1.81. The number of halogens is 2. The summed E-state index contributed by atoms with van der Waals surface area (Å²) in [5, 5.41) is 8.19. The molecule has 2 aromatic carbocycles. The largest absolute Gasteiger partial charge is 0.495 e. The lowest BCUT2D eigenvalue weighted by molar-refractivity contribution is -0.118. The van der Waals surface area contributed by atoms with Gasteiger partial charge in [-0.05, 0) is 52.3 Å². The van der Waals surface area contributed by atoms with E-state index in [1.807, 2.05) is 0 Å². The maximum Gasteiger partial charge on any atom is 0.262 e. The molecule has 1 amide bonds. The van der Waals surface area contributed by atoms with E-state index >= 15 is 0 Å². The molecular formula is C15H14BrClN2O5S. The van der Waals surface area contributed by atoms with Crippen LogP contribution in [-0.2, 0) is 14.8 Å². The first-order chi connectivity index (χ1) is 11.7. The standard InChI is InChI=1S/C15H14BrClN2O5S/c1-23-13-5-3-10(7-14(13)25(18,21)22)19-15(20)8-24-12-4-2-9(17)6-11(12)16/h2-7H,8H2,1H3,(H,19,20)(H2,18,21,22). The zero-order chi connectivity index (χ0) is 18.6. The molecule has 0 heterocycles. The number of anilines is 1. The highest BCUT2D eigenvalue weighted by atomic mass is 79.9. The van der Waals surface area contributed by atoms with E-state index in [2.05, 4.69) is 21.2 Å². The Balaban J connectivity index is 2.08. The number of carbonyl (C=O) groups is 1. The third-order valence-corrected chi connectivity index (χ3v) is 4.79. The van der Waals surface area contributed by atoms with Crippen LogP contribution in [0.2, 0.25) is 5.02 Å². The van der Waals surface area contributed by atoms with Crippen molar-refractivity contribution in [3.63, 3.8) is 0 Å². The van der Waals surface area contributed by atoms with Gasteiger partial charge in [-0.3, -0.25) is 4.79 Å². The summed E-state index contributed by atoms with van der Waals surface area (Å²) in [4.78, 5) is 11.8. The average molecular weight is 450 g/mol. The number of sulfonamides is 1. The molecule has 0 spiro atoms. The SMILES string of the molecule is COc1ccc(NC(=O)COc2ccc(Cl)cc2Br)cc1S(N)(=O)=O. The second-order valence-corrected chi connectivity index (χ2v) is 7.64. The number of hydrogen-bond donors (Lipinski definition) is 2. The second-order valence-electron chi connectivity index (χ2n) is 4.82. The van der Waals surface area contributed by atoms with Crippen LogP contribution in [0.25, 0.3) is 0 Å². The molecule has 10 heteroatoms. The van der Waals surface area contributed by atoms with Gasteiger partial charge in [-0.25, -0.2) is 13.6 Å². The van der Waals surface area contributed by atoms with E-state index < -0.39 is 15.9 Å². The van der Waals surface area contributed by atoms with Gasteiger partial charge in [0, 0.05) is 10.7 Å². The number of hydrogen-bond acceptors (Lipinski definition) is 5. The van der Waals surface area contributed by atoms with Gasteiger partial charge in [0.2, 0.25) is 10.0 Å². The van der Waals surface area contributed by atoms with Gasteiger partial charge in [0.25, 0.3) is 5.91 Å². The number of nitrogens with one attached hydrogen (secondary N) is 1. The highest BCUT2D eigenvalue weighted by Crippen LogP contribution is 2.28. The minimum Gasteiger partial charge on any atom is -0.495 e. The predicted molar refractivity (Wildman–Crippen MR) is 97.6 cm³/mol. The average Bonchev–Trinajstić information content (AvgIpc) is 2.53. The summed E-state index contributed by atoms with van der Waals surface area (Å²) in [6, 6.07) is 8.98. The molecule has 7 nitrogen and oxygen atoms in total. The summed E-state index contributed by atoms with van der Waals surface area (Å²) in [6.45, 7) is -0.281. The van der Waals surface area contributed by atoms with E-state index in [1.165, 1.54) is 25.3 Å². The fraction of sp³-hybridized carbons (Fsp3) is 0.133. The molecule has 0 saturated carbocycles. The Morgan fingerprint density at radius 1 is 1.24 bits per heavy atom. The van der Waals surface area contributed by atoms with Gasteiger partial charge in [0.15, 0.2) is 6.61 Å². The van der Waals surface area contributed by atoms with Crippen LogP contribution in [0.15, 0.2) is 45.8 Å². The first-order valence-electron chi connectivity index (χ1n) is 6.79. The van der Waals surface area contributed by atoms with Crippen molar-refractivity contribution in [3.05, 3.63) is 45.9 Å². The molecule has 3 N–H and O–H groups in total. The molecule has 0 aromatic heterocycles. The van der Waals surface area contributed by atoms with Crippen molar-refractivity contribution >= 4 is 49.1 Å². The second kappa shape index (κ2) is 8.05. The molecule has 0 atom stereocenters. The Morgan fingerprint density at radius 3 is 2.52 bits per heavy atom. The highest BCUT2D eigenvalue weighted by Gasteiger charge is 2.16. The number of methoxy groups -OCH3 is 1. The molecule has 0 unspecified atom stereocenters. The molecule has 0 aliphatic carbocycles. The van der Waals surface area contributed by atoms with Gasteiger partial charge < -0.3 is 14.8 Å². The fourth-order valence-corrected chi connectivity index (χ4v) is 3.43. The Kier molecular flexibility index (Phi) is 6.28. The number of nitrogens with two attached hydrogens (primary N) is 1. The Labute approximate surface area is 158 Å². The first kappa shape index (κ1) is 19.5. The minimum absolute atomic E-state index is 0.0850. The van der Waals surface area contributed by atoms with Gasteiger partial charge in [0.1, 0.15) is 16.4 Å². The molecule has 0 aliphatic heterocycles. The predicted octanol–water partition coefficient (Wildman–Crippen LogP) is 2.78. The molecule has 0 fully saturated rings. The highest BCUT2D eigenvalue weighted by molar-refractivity contribution is 9.10. The third-order valence-electron chi connectivity index (χ3n) is 3.01. The quantitative estimate of drug-likeness (QED) is 0.705. The topological polar surface area (TPSA) is 108 Å². The van der Waals surface area contributed by atoms with Gasteiger partial charge in [-0.2, -0.15) is 0 Å². The molecule has 0 bridgehead atoms. The van der Waals surface area contributed by atoms with Crippen LogP contribution in [0.3, 0.4) is 0 Å². The summed E-state index contributed by atoms with van der Waals surface area (Å²) >= 11 is 9.10. The monoisotopic (exact) mass is 448 g/mol. The van der Waals surface area contributed by atoms with Gasteiger partial charge in [-0.15, -0.1) is 0 Å². The lowest BCUT2D eigenvalue weighted by Crippen LogP contribution is -2.21. The zero-order valence-electron chi connectivity index (χ0n) is 13.0. The summed E-state index contributed by atoms with van der Waals surface area (Å²) in [7, 11) is -2.68. The maximum absolute atomic E-state index is 12.0. The van der Waals surface area contributed by atoms with Crippen molar-refractivity contribution in [3.8, 4) is 11.5 Å². The van der Waals surface area contributed by atoms with Gasteiger partial charge >= 0.3 is 0 Å². The van der Waals surface area contributed by atoms with E-state index in [0.717, 1.165) is 0 Å². The molecule has 2 aromatic rings. The molecular weight excluding hydrogens is 436 g/mol. The van der Waals surface area contributed by atoms with Crippen LogP contribution in [0.1, 0.15) is 0 Å². The Bertz CT molecular complexity index is 905. The van der Waals surface area contributed by atoms with Crippen molar-refractivity contribution in [1.29, 1.82) is 0 Å². The maximum atomic E-state index is 12.0. The molecule has 0 saturated heterocycles. The minimum atomic E-state index is -4.00. The molecule has 0 aliphatic rings. The number of benzene rings is 2. The van der Waals surface area contributed by atoms with Crippen molar-refractivity contribution in [1.82, 2.24) is 0 Å². The third kappa shape index (κ3) is 5.33. The smallest absolute Gasteiger partial charge is 0.262 e. The van der Waals surface area contributed by atoms with E-state index in [1.54, 1.807) is 18.2 Å². The van der Waals surface area contributed by atoms with E-state index in [9.17, 15) is 13.2 Å². The van der Waals surface area contributed by atoms with Crippen molar-refractivity contribution in [2.45, 2.75) is 4.90 Å². The molecule has 2 rings (SSSR count). The van der Waals surface area contributed by atoms with E-state index in [4.69, 9.17) is 26.2 Å². The van der Waals surface area contributed by atoms with Gasteiger partial charge in [0.05, 0.1) is 11.6 Å². The van der Waals surface area contributed by atoms with E-state index in [-0.39, 0.29) is 22.9 Å². The molecule has 25 heavy (non-hydrogen) atoms. The van der Waals surface area contributed by atoms with Crippen LogP contribution in [0.4, 0.5) is 5.69 Å². The van der Waals surface area contributed by atoms with Crippen molar-refractivity contribution in [2.24, 2.45) is 5.14 Å². The molecule has 134 valence electrons. The van der Waals surface area contributed by atoms with Crippen molar-refractivity contribution in [2.75, 3.05) is 19.0 Å². The zero-order valence-corrected chi connectivity index (χ0v) is 16.1. The lowest BCUT2D eigenvalue weighted by atomic mass is 10.3. The number of ether oxygens (including phenoxy) is 2. The van der Waals surface area contributed by atoms with E-state index in [0.29, 0.717) is 15.2 Å². The Morgan fingerprint density at radius 2 is 1.92 bits per heavy atom. The summed E-state index contributed by atoms with van der Waals surface area (Å²) < 4.78 is 34.1. The van der Waals surface area contributed by atoms with Crippen molar-refractivity contribution < 1.29 is 22.7 Å². The van der Waals surface area contributed by atoms with Crippen LogP contribution in [0.5, 0.6) is 11.5 Å². The van der Waals surface area contributed by atoms with Gasteiger partial charge in [-0.1, -0.05) is 11.6 Å². The first-order valence-corrected chi connectivity index (χ1v) is 9.51. The number of carbonyl (C=O) groups excluding carboxylic acids is 1. The normalized spacial score (nSPS) is 11.0. The number of rotatable bonds is 6.